The molecule has 0 radical (unpaired) electrons. The Morgan fingerprint density at radius 2 is 1.75 bits per heavy atom. The normalized spacial score (nSPS) is 18.8. The van der Waals surface area contributed by atoms with Crippen LogP contribution in [-0.2, 0) is 18.6 Å². The number of aromatic nitrogens is 2. The van der Waals surface area contributed by atoms with Crippen LogP contribution in [0, 0.1) is 17.5 Å². The number of hydrogen-bond acceptors (Lipinski definition) is 3. The van der Waals surface area contributed by atoms with E-state index in [1.807, 2.05) is 12.3 Å². The van der Waals surface area contributed by atoms with Gasteiger partial charge in [0.15, 0.2) is 11.6 Å². The van der Waals surface area contributed by atoms with E-state index in [4.69, 9.17) is 4.98 Å². The number of nitrogens with zero attached hydrogens (tertiary/aromatic N) is 4. The predicted molar refractivity (Wildman–Crippen MR) is 117 cm³/mol. The van der Waals surface area contributed by atoms with Gasteiger partial charge in [0.2, 0.25) is 0 Å². The summed E-state index contributed by atoms with van der Waals surface area (Å²) in [5, 5.41) is 0. The monoisotopic (exact) mass is 440 g/mol. The molecule has 5 rings (SSSR count). The Morgan fingerprint density at radius 3 is 2.47 bits per heavy atom. The largest absolute Gasteiger partial charge is 0.325 e. The molecule has 0 atom stereocenters. The molecule has 0 N–H and O–H groups in total. The lowest BCUT2D eigenvalue weighted by molar-refractivity contribution is -0.00774. The summed E-state index contributed by atoms with van der Waals surface area (Å²) in [5.74, 6) is -0.804. The summed E-state index contributed by atoms with van der Waals surface area (Å²) in [7, 11) is 0. The SMILES string of the molecule is CCN1CCn2c(-c3cccc(F)c3)cnc2C12CCN(Cc1ccc(F)c(F)c1)CC2. The number of imidazole rings is 1. The van der Waals surface area contributed by atoms with Gasteiger partial charge >= 0.3 is 0 Å². The zero-order valence-corrected chi connectivity index (χ0v) is 18.2. The van der Waals surface area contributed by atoms with Crippen molar-refractivity contribution < 1.29 is 13.2 Å². The summed E-state index contributed by atoms with van der Waals surface area (Å²) in [6.45, 7) is 7.16. The molecule has 2 aliphatic heterocycles. The number of hydrogen-bond donors (Lipinski definition) is 0. The minimum atomic E-state index is -0.812. The standard InChI is InChI=1S/C25H27F3N4/c1-2-31-12-13-32-23(19-4-3-5-20(26)15-19)16-29-24(32)25(31)8-10-30(11-9-25)17-18-6-7-21(27)22(28)14-18/h3-7,14-16H,2,8-13,17H2,1H3. The highest BCUT2D eigenvalue weighted by Crippen LogP contribution is 2.42. The van der Waals surface area contributed by atoms with E-state index in [-0.39, 0.29) is 11.4 Å². The molecule has 0 bridgehead atoms. The summed E-state index contributed by atoms with van der Waals surface area (Å²) >= 11 is 0. The minimum absolute atomic E-state index is 0.164. The van der Waals surface area contributed by atoms with E-state index in [0.29, 0.717) is 6.54 Å². The maximum Gasteiger partial charge on any atom is 0.159 e. The second-order valence-corrected chi connectivity index (χ2v) is 8.76. The number of piperidine rings is 1. The number of likely N-dealkylation sites (N-methyl/N-ethyl adjacent to an activating group) is 1. The third kappa shape index (κ3) is 3.63. The molecule has 0 amide bonds. The number of likely N-dealkylation sites (tertiary alicyclic amines) is 1. The van der Waals surface area contributed by atoms with Gasteiger partial charge in [0.1, 0.15) is 11.6 Å². The van der Waals surface area contributed by atoms with E-state index < -0.39 is 11.6 Å². The minimum Gasteiger partial charge on any atom is -0.325 e. The number of benzene rings is 2. The fourth-order valence-corrected chi connectivity index (χ4v) is 5.41. The fourth-order valence-electron chi connectivity index (χ4n) is 5.41. The second kappa shape index (κ2) is 8.37. The molecule has 168 valence electrons. The quantitative estimate of drug-likeness (QED) is 0.583. The van der Waals surface area contributed by atoms with Crippen molar-refractivity contribution in [3.8, 4) is 11.3 Å². The highest BCUT2D eigenvalue weighted by Gasteiger charge is 2.46. The van der Waals surface area contributed by atoms with Crippen molar-refractivity contribution in [2.24, 2.45) is 0 Å². The Labute approximate surface area is 186 Å². The topological polar surface area (TPSA) is 24.3 Å². The summed E-state index contributed by atoms with van der Waals surface area (Å²) in [5.41, 5.74) is 2.42. The smallest absolute Gasteiger partial charge is 0.159 e. The van der Waals surface area contributed by atoms with E-state index in [1.165, 1.54) is 18.2 Å². The van der Waals surface area contributed by atoms with Crippen molar-refractivity contribution in [3.05, 3.63) is 77.5 Å². The number of fused-ring (bicyclic) bond motifs is 2. The average molecular weight is 441 g/mol. The van der Waals surface area contributed by atoms with Crippen LogP contribution in [0.25, 0.3) is 11.3 Å². The van der Waals surface area contributed by atoms with Gasteiger partial charge in [0.05, 0.1) is 17.4 Å². The van der Waals surface area contributed by atoms with E-state index >= 15 is 0 Å². The Morgan fingerprint density at radius 1 is 0.938 bits per heavy atom. The van der Waals surface area contributed by atoms with Crippen LogP contribution in [0.4, 0.5) is 13.2 Å². The molecule has 7 heteroatoms. The van der Waals surface area contributed by atoms with Crippen molar-refractivity contribution in [1.29, 1.82) is 0 Å². The molecule has 4 nitrogen and oxygen atoms in total. The van der Waals surface area contributed by atoms with Crippen molar-refractivity contribution >= 4 is 0 Å². The van der Waals surface area contributed by atoms with Crippen LogP contribution in [0.3, 0.4) is 0 Å². The zero-order valence-electron chi connectivity index (χ0n) is 18.2. The molecule has 0 unspecified atom stereocenters. The first-order valence-corrected chi connectivity index (χ1v) is 11.2. The third-order valence-corrected chi connectivity index (χ3v) is 7.05. The van der Waals surface area contributed by atoms with Gasteiger partial charge in [-0.15, -0.1) is 0 Å². The van der Waals surface area contributed by atoms with E-state index in [1.54, 1.807) is 18.2 Å². The molecular formula is C25H27F3N4. The molecule has 32 heavy (non-hydrogen) atoms. The third-order valence-electron chi connectivity index (χ3n) is 7.05. The average Bonchev–Trinajstić information content (AvgIpc) is 3.23. The van der Waals surface area contributed by atoms with E-state index in [0.717, 1.165) is 68.2 Å². The lowest BCUT2D eigenvalue weighted by atomic mass is 9.83. The maximum absolute atomic E-state index is 13.8. The van der Waals surface area contributed by atoms with Gasteiger partial charge in [0, 0.05) is 38.3 Å². The lowest BCUT2D eigenvalue weighted by Gasteiger charge is -2.51. The summed E-state index contributed by atoms with van der Waals surface area (Å²) in [6, 6.07) is 10.8. The Hall–Kier alpha value is -2.64. The van der Waals surface area contributed by atoms with Gasteiger partial charge in [-0.3, -0.25) is 9.80 Å². The molecule has 1 spiro atoms. The van der Waals surface area contributed by atoms with Gasteiger partial charge in [-0.2, -0.15) is 0 Å². The molecule has 3 aromatic rings. The molecule has 1 fully saturated rings. The highest BCUT2D eigenvalue weighted by atomic mass is 19.2. The molecular weight excluding hydrogens is 413 g/mol. The lowest BCUT2D eigenvalue weighted by Crippen LogP contribution is -2.57. The molecule has 3 heterocycles. The maximum atomic E-state index is 13.8. The molecule has 0 aliphatic carbocycles. The van der Waals surface area contributed by atoms with Crippen LogP contribution in [0.15, 0.2) is 48.7 Å². The van der Waals surface area contributed by atoms with Gasteiger partial charge < -0.3 is 4.57 Å². The predicted octanol–water partition coefficient (Wildman–Crippen LogP) is 4.79. The van der Waals surface area contributed by atoms with Crippen molar-refractivity contribution in [1.82, 2.24) is 19.4 Å². The fraction of sp³-hybridized carbons (Fsp3) is 0.400. The molecule has 0 saturated carbocycles. The molecule has 2 aliphatic rings. The van der Waals surface area contributed by atoms with Gasteiger partial charge in [-0.25, -0.2) is 18.2 Å². The van der Waals surface area contributed by atoms with Crippen LogP contribution in [0.1, 0.15) is 31.2 Å². The van der Waals surface area contributed by atoms with Gasteiger partial charge in [-0.05, 0) is 49.2 Å². The van der Waals surface area contributed by atoms with E-state index in [2.05, 4.69) is 21.3 Å². The highest BCUT2D eigenvalue weighted by molar-refractivity contribution is 5.60. The van der Waals surface area contributed by atoms with Crippen LogP contribution < -0.4 is 0 Å². The number of halogens is 3. The van der Waals surface area contributed by atoms with Crippen molar-refractivity contribution in [3.63, 3.8) is 0 Å². The zero-order chi connectivity index (χ0) is 22.3. The van der Waals surface area contributed by atoms with Crippen molar-refractivity contribution in [2.75, 3.05) is 26.2 Å². The Kier molecular flexibility index (Phi) is 5.55. The second-order valence-electron chi connectivity index (χ2n) is 8.76. The first-order valence-electron chi connectivity index (χ1n) is 11.2. The Bertz CT molecular complexity index is 1120. The van der Waals surface area contributed by atoms with Crippen LogP contribution in [0.5, 0.6) is 0 Å². The summed E-state index contributed by atoms with van der Waals surface area (Å²) in [4.78, 5) is 9.66. The van der Waals surface area contributed by atoms with Crippen molar-refractivity contribution in [2.45, 2.75) is 38.4 Å². The van der Waals surface area contributed by atoms with Crippen LogP contribution in [-0.4, -0.2) is 45.5 Å². The van der Waals surface area contributed by atoms with Crippen LogP contribution >= 0.6 is 0 Å². The van der Waals surface area contributed by atoms with Crippen LogP contribution in [0.2, 0.25) is 0 Å². The number of rotatable bonds is 4. The van der Waals surface area contributed by atoms with E-state index in [9.17, 15) is 13.2 Å². The summed E-state index contributed by atoms with van der Waals surface area (Å²) < 4.78 is 43.0. The molecule has 1 aromatic heterocycles. The summed E-state index contributed by atoms with van der Waals surface area (Å²) in [6.07, 6.45) is 3.69. The molecule has 1 saturated heterocycles. The molecule has 2 aromatic carbocycles. The van der Waals surface area contributed by atoms with Gasteiger partial charge in [-0.1, -0.05) is 25.1 Å². The first-order chi connectivity index (χ1) is 15.5. The van der Waals surface area contributed by atoms with Gasteiger partial charge in [0.25, 0.3) is 0 Å². The first kappa shape index (κ1) is 21.2. The Balaban J connectivity index is 1.40.